The van der Waals surface area contributed by atoms with Crippen LogP contribution in [0.3, 0.4) is 0 Å². The number of Topliss-reactive ketones (excluding diaryl/α,β-unsaturated/α-hetero) is 1. The molecule has 1 heterocycles. The molecule has 0 aliphatic carbocycles. The highest BCUT2D eigenvalue weighted by atomic mass is 35.5. The average Bonchev–Trinajstić information content (AvgIpc) is 2.64. The van der Waals surface area contributed by atoms with E-state index in [4.69, 9.17) is 11.6 Å². The summed E-state index contributed by atoms with van der Waals surface area (Å²) in [5.41, 5.74) is 3.64. The molecule has 0 N–H and O–H groups in total. The summed E-state index contributed by atoms with van der Waals surface area (Å²) in [5.74, 6) is 0.0547. The number of benzene rings is 1. The Bertz CT molecular complexity index is 602. The van der Waals surface area contributed by atoms with Crippen molar-refractivity contribution < 1.29 is 4.79 Å². The van der Waals surface area contributed by atoms with Crippen LogP contribution in [0.15, 0.2) is 24.4 Å². The van der Waals surface area contributed by atoms with Crippen LogP contribution in [0.25, 0.3) is 0 Å². The van der Waals surface area contributed by atoms with Crippen LogP contribution in [0.5, 0.6) is 0 Å². The van der Waals surface area contributed by atoms with E-state index in [0.717, 1.165) is 22.4 Å². The van der Waals surface area contributed by atoms with Gasteiger partial charge in [0.25, 0.3) is 0 Å². The van der Waals surface area contributed by atoms with Gasteiger partial charge in [-0.2, -0.15) is 5.10 Å². The number of aromatic nitrogens is 2. The van der Waals surface area contributed by atoms with Gasteiger partial charge in [0.1, 0.15) is 6.54 Å². The Morgan fingerprint density at radius 3 is 2.67 bits per heavy atom. The lowest BCUT2D eigenvalue weighted by atomic mass is 10.0. The van der Waals surface area contributed by atoms with Crippen molar-refractivity contribution in [2.45, 2.75) is 27.3 Å². The van der Waals surface area contributed by atoms with Crippen LogP contribution in [0.4, 0.5) is 0 Å². The Morgan fingerprint density at radius 2 is 2.06 bits per heavy atom. The molecule has 0 aliphatic rings. The van der Waals surface area contributed by atoms with Crippen LogP contribution in [0.1, 0.15) is 27.2 Å². The van der Waals surface area contributed by atoms with Gasteiger partial charge in [-0.1, -0.05) is 29.3 Å². The lowest BCUT2D eigenvalue weighted by molar-refractivity contribution is 0.0966. The van der Waals surface area contributed by atoms with E-state index in [1.165, 1.54) is 0 Å². The zero-order valence-corrected chi connectivity index (χ0v) is 11.5. The number of halogens is 1. The minimum Gasteiger partial charge on any atom is -0.292 e. The highest BCUT2D eigenvalue weighted by Gasteiger charge is 2.12. The molecule has 0 saturated heterocycles. The number of hydrogen-bond donors (Lipinski definition) is 0. The van der Waals surface area contributed by atoms with Gasteiger partial charge in [0.05, 0.1) is 16.9 Å². The second kappa shape index (κ2) is 4.94. The first-order valence-electron chi connectivity index (χ1n) is 5.77. The maximum Gasteiger partial charge on any atom is 0.184 e. The largest absolute Gasteiger partial charge is 0.292 e. The summed E-state index contributed by atoms with van der Waals surface area (Å²) in [5, 5.41) is 4.68. The van der Waals surface area contributed by atoms with Crippen LogP contribution >= 0.6 is 11.6 Å². The van der Waals surface area contributed by atoms with E-state index in [1.54, 1.807) is 10.9 Å². The Hall–Kier alpha value is -1.61. The molecule has 0 saturated carbocycles. The highest BCUT2D eigenvalue weighted by Crippen LogP contribution is 2.16. The number of aryl methyl sites for hydroxylation is 2. The third kappa shape index (κ3) is 2.46. The summed E-state index contributed by atoms with van der Waals surface area (Å²) < 4.78 is 1.63. The molecular formula is C14H15ClN2O. The third-order valence-corrected chi connectivity index (χ3v) is 3.40. The fourth-order valence-corrected chi connectivity index (χ4v) is 1.98. The smallest absolute Gasteiger partial charge is 0.184 e. The van der Waals surface area contributed by atoms with E-state index >= 15 is 0 Å². The second-order valence-electron chi connectivity index (χ2n) is 4.48. The van der Waals surface area contributed by atoms with Gasteiger partial charge in [-0.25, -0.2) is 0 Å². The molecule has 0 atom stereocenters. The van der Waals surface area contributed by atoms with Gasteiger partial charge >= 0.3 is 0 Å². The van der Waals surface area contributed by atoms with Gasteiger partial charge < -0.3 is 0 Å². The van der Waals surface area contributed by atoms with Crippen LogP contribution in [-0.2, 0) is 6.54 Å². The van der Waals surface area contributed by atoms with Gasteiger partial charge in [0.15, 0.2) is 5.78 Å². The molecule has 94 valence electrons. The normalized spacial score (nSPS) is 10.7. The van der Waals surface area contributed by atoms with E-state index in [0.29, 0.717) is 5.02 Å². The first-order chi connectivity index (χ1) is 8.49. The highest BCUT2D eigenvalue weighted by molar-refractivity contribution is 6.31. The summed E-state index contributed by atoms with van der Waals surface area (Å²) in [6, 6.07) is 5.88. The van der Waals surface area contributed by atoms with E-state index in [1.807, 2.05) is 39.0 Å². The van der Waals surface area contributed by atoms with E-state index < -0.39 is 0 Å². The Labute approximate surface area is 111 Å². The molecular weight excluding hydrogens is 248 g/mol. The fraction of sp³-hybridized carbons (Fsp3) is 0.286. The number of hydrogen-bond acceptors (Lipinski definition) is 2. The van der Waals surface area contributed by atoms with Gasteiger partial charge in [-0.05, 0) is 32.4 Å². The van der Waals surface area contributed by atoms with Gasteiger partial charge in [-0.3, -0.25) is 9.48 Å². The van der Waals surface area contributed by atoms with Crippen molar-refractivity contribution in [3.63, 3.8) is 0 Å². The molecule has 0 spiro atoms. The van der Waals surface area contributed by atoms with Crippen LogP contribution in [-0.4, -0.2) is 15.6 Å². The molecule has 0 bridgehead atoms. The van der Waals surface area contributed by atoms with E-state index in [2.05, 4.69) is 5.10 Å². The van der Waals surface area contributed by atoms with Gasteiger partial charge in [-0.15, -0.1) is 0 Å². The van der Waals surface area contributed by atoms with Crippen LogP contribution in [0, 0.1) is 20.8 Å². The van der Waals surface area contributed by atoms with E-state index in [9.17, 15) is 4.79 Å². The Balaban J connectivity index is 2.27. The summed E-state index contributed by atoms with van der Waals surface area (Å²) in [7, 11) is 0. The predicted octanol–water partition coefficient (Wildman–Crippen LogP) is 3.34. The lowest BCUT2D eigenvalue weighted by Gasteiger charge is -2.07. The van der Waals surface area contributed by atoms with E-state index in [-0.39, 0.29) is 12.3 Å². The zero-order chi connectivity index (χ0) is 13.3. The predicted molar refractivity (Wildman–Crippen MR) is 72.2 cm³/mol. The fourth-order valence-electron chi connectivity index (χ4n) is 1.84. The summed E-state index contributed by atoms with van der Waals surface area (Å²) in [4.78, 5) is 12.2. The van der Waals surface area contributed by atoms with Crippen LogP contribution < -0.4 is 0 Å². The molecule has 2 rings (SSSR count). The average molecular weight is 263 g/mol. The standard InChI is InChI=1S/C14H15ClN2O/c1-9-4-5-10(2)12(6-9)14(18)8-17-11(3)13(15)7-16-17/h4-7H,8H2,1-3H3. The molecule has 0 amide bonds. The molecule has 1 aromatic heterocycles. The molecule has 0 fully saturated rings. The number of carbonyl (C=O) groups excluding carboxylic acids is 1. The number of rotatable bonds is 3. The first-order valence-corrected chi connectivity index (χ1v) is 6.15. The molecule has 0 aliphatic heterocycles. The van der Waals surface area contributed by atoms with Crippen LogP contribution in [0.2, 0.25) is 5.02 Å². The topological polar surface area (TPSA) is 34.9 Å². The number of ketones is 1. The monoisotopic (exact) mass is 262 g/mol. The van der Waals surface area contributed by atoms with Gasteiger partial charge in [0.2, 0.25) is 0 Å². The zero-order valence-electron chi connectivity index (χ0n) is 10.7. The molecule has 0 radical (unpaired) electrons. The molecule has 18 heavy (non-hydrogen) atoms. The third-order valence-electron chi connectivity index (χ3n) is 3.03. The van der Waals surface area contributed by atoms with Crippen molar-refractivity contribution in [3.8, 4) is 0 Å². The molecule has 4 heteroatoms. The minimum atomic E-state index is 0.0547. The molecule has 0 unspecified atom stereocenters. The lowest BCUT2D eigenvalue weighted by Crippen LogP contribution is -2.14. The quantitative estimate of drug-likeness (QED) is 0.795. The Morgan fingerprint density at radius 1 is 1.33 bits per heavy atom. The summed E-state index contributed by atoms with van der Waals surface area (Å²) in [6.45, 7) is 6.00. The van der Waals surface area contributed by atoms with Crippen molar-refractivity contribution >= 4 is 17.4 Å². The van der Waals surface area contributed by atoms with Crippen molar-refractivity contribution in [1.82, 2.24) is 9.78 Å². The second-order valence-corrected chi connectivity index (χ2v) is 4.88. The maximum atomic E-state index is 12.2. The van der Waals surface area contributed by atoms with Crippen molar-refractivity contribution in [2.75, 3.05) is 0 Å². The SMILES string of the molecule is Cc1ccc(C)c(C(=O)Cn2ncc(Cl)c2C)c1. The van der Waals surface area contributed by atoms with Gasteiger partial charge in [0, 0.05) is 5.56 Å². The van der Waals surface area contributed by atoms with Crippen molar-refractivity contribution in [3.05, 3.63) is 51.8 Å². The molecule has 3 nitrogen and oxygen atoms in total. The Kier molecular flexibility index (Phi) is 3.53. The summed E-state index contributed by atoms with van der Waals surface area (Å²) >= 11 is 5.92. The summed E-state index contributed by atoms with van der Waals surface area (Å²) in [6.07, 6.45) is 1.56. The van der Waals surface area contributed by atoms with Crippen molar-refractivity contribution in [1.29, 1.82) is 0 Å². The minimum absolute atomic E-state index is 0.0547. The molecule has 1 aromatic carbocycles. The first kappa shape index (κ1) is 12.8. The molecule has 2 aromatic rings. The van der Waals surface area contributed by atoms with Crippen molar-refractivity contribution in [2.24, 2.45) is 0 Å². The number of carbonyl (C=O) groups is 1. The number of nitrogens with zero attached hydrogens (tertiary/aromatic N) is 2. The maximum absolute atomic E-state index is 12.2.